The van der Waals surface area contributed by atoms with Crippen molar-refractivity contribution < 1.29 is 0 Å². The average molecular weight is 408 g/mol. The van der Waals surface area contributed by atoms with Gasteiger partial charge in [-0.1, -0.05) is 0 Å². The molecular formula is C27H25N2P. The standard InChI is InChI=1S/C27H25N2P/c1-29-27-19-22(17-18-23(27)20-28-29)21-30(24-11-5-2-6-12-24,25-13-7-3-8-14-25)26-15-9-4-10-16-26/h2-20,30H,21H2,1H3. The van der Waals surface area contributed by atoms with Gasteiger partial charge >= 0.3 is 178 Å². The van der Waals surface area contributed by atoms with Crippen LogP contribution < -0.4 is 15.9 Å². The average Bonchev–Trinajstić information content (AvgIpc) is 3.19. The molecule has 0 N–H and O–H groups in total. The Balaban J connectivity index is 1.77. The number of benzene rings is 4. The van der Waals surface area contributed by atoms with Crippen LogP contribution in [0.2, 0.25) is 0 Å². The predicted molar refractivity (Wildman–Crippen MR) is 131 cm³/mol. The molecule has 0 amide bonds. The molecule has 0 saturated heterocycles. The van der Waals surface area contributed by atoms with Crippen molar-refractivity contribution in [2.24, 2.45) is 7.05 Å². The fourth-order valence-electron chi connectivity index (χ4n) is 4.58. The molecule has 30 heavy (non-hydrogen) atoms. The van der Waals surface area contributed by atoms with E-state index < -0.39 is 7.26 Å². The van der Waals surface area contributed by atoms with Crippen molar-refractivity contribution in [1.29, 1.82) is 0 Å². The minimum atomic E-state index is -2.28. The molecule has 0 aliphatic heterocycles. The van der Waals surface area contributed by atoms with Crippen LogP contribution >= 0.6 is 7.26 Å². The Labute approximate surface area is 178 Å². The molecule has 1 aromatic heterocycles. The van der Waals surface area contributed by atoms with Crippen LogP contribution in [0.5, 0.6) is 0 Å². The predicted octanol–water partition coefficient (Wildman–Crippen LogP) is 4.80. The summed E-state index contributed by atoms with van der Waals surface area (Å²) in [5.41, 5.74) is 2.54. The SMILES string of the molecule is Cn1ncc2ccc(C[PH](c3ccccc3)(c3ccccc3)c3ccccc3)cc21. The molecule has 0 radical (unpaired) electrons. The first-order chi connectivity index (χ1) is 14.8. The summed E-state index contributed by atoms with van der Waals surface area (Å²) in [7, 11) is -0.262. The van der Waals surface area contributed by atoms with Crippen LogP contribution in [0, 0.1) is 0 Å². The Morgan fingerprint density at radius 3 is 1.67 bits per heavy atom. The number of hydrogen-bond acceptors (Lipinski definition) is 1. The van der Waals surface area contributed by atoms with Gasteiger partial charge in [-0.05, 0) is 0 Å². The summed E-state index contributed by atoms with van der Waals surface area (Å²) in [6, 6.07) is 40.1. The summed E-state index contributed by atoms with van der Waals surface area (Å²) in [6.45, 7) is 0. The molecule has 2 nitrogen and oxygen atoms in total. The van der Waals surface area contributed by atoms with Gasteiger partial charge in [0.25, 0.3) is 0 Å². The molecule has 5 rings (SSSR count). The maximum absolute atomic E-state index is 4.44. The van der Waals surface area contributed by atoms with Gasteiger partial charge in [0, 0.05) is 0 Å². The van der Waals surface area contributed by atoms with Crippen LogP contribution in [0.15, 0.2) is 115 Å². The molecule has 0 saturated carbocycles. The van der Waals surface area contributed by atoms with Crippen LogP contribution in [0.4, 0.5) is 0 Å². The molecule has 148 valence electrons. The fraction of sp³-hybridized carbons (Fsp3) is 0.0741. The normalized spacial score (nSPS) is 12.2. The number of nitrogens with zero attached hydrogens (tertiary/aromatic N) is 2. The first-order valence-electron chi connectivity index (χ1n) is 10.3. The van der Waals surface area contributed by atoms with Gasteiger partial charge < -0.3 is 0 Å². The molecule has 4 aromatic carbocycles. The van der Waals surface area contributed by atoms with Gasteiger partial charge in [-0.2, -0.15) is 0 Å². The summed E-state index contributed by atoms with van der Waals surface area (Å²) in [5.74, 6) is 0. The van der Waals surface area contributed by atoms with Crippen molar-refractivity contribution in [2.45, 2.75) is 6.16 Å². The monoisotopic (exact) mass is 408 g/mol. The third kappa shape index (κ3) is 3.24. The molecule has 0 atom stereocenters. The molecule has 5 aromatic rings. The first-order valence-corrected chi connectivity index (χ1v) is 12.6. The van der Waals surface area contributed by atoms with Crippen LogP contribution in [0.25, 0.3) is 10.9 Å². The number of hydrogen-bond donors (Lipinski definition) is 0. The van der Waals surface area contributed by atoms with Crippen molar-refractivity contribution in [2.75, 3.05) is 0 Å². The van der Waals surface area contributed by atoms with E-state index >= 15 is 0 Å². The fourth-order valence-corrected chi connectivity index (χ4v) is 9.31. The number of aryl methyl sites for hydroxylation is 1. The molecular weight excluding hydrogens is 383 g/mol. The van der Waals surface area contributed by atoms with Crippen LogP contribution in [-0.2, 0) is 13.2 Å². The Morgan fingerprint density at radius 2 is 1.17 bits per heavy atom. The number of aromatic nitrogens is 2. The van der Waals surface area contributed by atoms with E-state index in [2.05, 4.69) is 114 Å². The van der Waals surface area contributed by atoms with E-state index in [-0.39, 0.29) is 0 Å². The topological polar surface area (TPSA) is 17.8 Å². The second-order valence-electron chi connectivity index (χ2n) is 7.84. The van der Waals surface area contributed by atoms with Gasteiger partial charge in [-0.3, -0.25) is 0 Å². The van der Waals surface area contributed by atoms with Crippen LogP contribution in [0.3, 0.4) is 0 Å². The van der Waals surface area contributed by atoms with E-state index in [4.69, 9.17) is 0 Å². The zero-order valence-corrected chi connectivity index (χ0v) is 18.1. The molecule has 0 bridgehead atoms. The Morgan fingerprint density at radius 1 is 0.667 bits per heavy atom. The number of rotatable bonds is 5. The van der Waals surface area contributed by atoms with Crippen LogP contribution in [0.1, 0.15) is 5.56 Å². The first kappa shape index (κ1) is 18.8. The van der Waals surface area contributed by atoms with Gasteiger partial charge in [-0.25, -0.2) is 0 Å². The van der Waals surface area contributed by atoms with Gasteiger partial charge in [0.2, 0.25) is 0 Å². The van der Waals surface area contributed by atoms with E-state index in [9.17, 15) is 0 Å². The molecule has 1 heterocycles. The minimum absolute atomic E-state index is 1.01. The van der Waals surface area contributed by atoms with E-state index in [1.54, 1.807) is 0 Å². The Hall–Kier alpha value is -3.22. The van der Waals surface area contributed by atoms with Crippen molar-refractivity contribution in [3.63, 3.8) is 0 Å². The van der Waals surface area contributed by atoms with Gasteiger partial charge in [-0.15, -0.1) is 0 Å². The Bertz CT molecular complexity index is 1170. The second kappa shape index (κ2) is 7.89. The van der Waals surface area contributed by atoms with E-state index in [0.717, 1.165) is 6.16 Å². The Kier molecular flexibility index (Phi) is 4.94. The van der Waals surface area contributed by atoms with E-state index in [1.165, 1.54) is 32.4 Å². The van der Waals surface area contributed by atoms with Gasteiger partial charge in [0.1, 0.15) is 0 Å². The summed E-state index contributed by atoms with van der Waals surface area (Å²) < 4.78 is 1.97. The van der Waals surface area contributed by atoms with Crippen molar-refractivity contribution in [3.05, 3.63) is 121 Å². The quantitative estimate of drug-likeness (QED) is 0.382. The molecule has 0 spiro atoms. The van der Waals surface area contributed by atoms with E-state index in [0.29, 0.717) is 0 Å². The summed E-state index contributed by atoms with van der Waals surface area (Å²) in [6.07, 6.45) is 2.95. The van der Waals surface area contributed by atoms with Gasteiger partial charge in [0.15, 0.2) is 0 Å². The van der Waals surface area contributed by atoms with Crippen molar-refractivity contribution >= 4 is 34.1 Å². The molecule has 0 unspecified atom stereocenters. The summed E-state index contributed by atoms with van der Waals surface area (Å²) in [4.78, 5) is 0. The van der Waals surface area contributed by atoms with Crippen molar-refractivity contribution in [3.8, 4) is 0 Å². The number of fused-ring (bicyclic) bond motifs is 1. The maximum atomic E-state index is 4.44. The second-order valence-corrected chi connectivity index (χ2v) is 11.7. The summed E-state index contributed by atoms with van der Waals surface area (Å²) >= 11 is 0. The molecule has 0 aliphatic carbocycles. The zero-order valence-electron chi connectivity index (χ0n) is 17.1. The molecule has 3 heteroatoms. The van der Waals surface area contributed by atoms with Crippen molar-refractivity contribution in [1.82, 2.24) is 9.78 Å². The summed E-state index contributed by atoms with van der Waals surface area (Å²) in [5, 5.41) is 9.94. The van der Waals surface area contributed by atoms with E-state index in [1.807, 2.05) is 17.9 Å². The molecule has 0 fully saturated rings. The van der Waals surface area contributed by atoms with Gasteiger partial charge in [0.05, 0.1) is 0 Å². The third-order valence-corrected chi connectivity index (χ3v) is 11.0. The van der Waals surface area contributed by atoms with Crippen LogP contribution in [-0.4, -0.2) is 9.78 Å². The molecule has 0 aliphatic rings. The zero-order chi connectivity index (χ0) is 20.4. The third-order valence-electron chi connectivity index (χ3n) is 6.08.